The number of hydrogen-bond acceptors (Lipinski definition) is 0. The van der Waals surface area contributed by atoms with Crippen LogP contribution in [0.1, 0.15) is 78.6 Å². The van der Waals surface area contributed by atoms with Crippen LogP contribution >= 0.6 is 0 Å². The van der Waals surface area contributed by atoms with Crippen LogP contribution in [-0.2, 0) is 0 Å². The fourth-order valence-corrected chi connectivity index (χ4v) is 6.15. The van der Waals surface area contributed by atoms with Crippen molar-refractivity contribution in [2.24, 2.45) is 0 Å². The van der Waals surface area contributed by atoms with Gasteiger partial charge in [-0.3, -0.25) is 0 Å². The number of allylic oxidation sites excluding steroid dienone is 1. The molecule has 0 aliphatic rings. The van der Waals surface area contributed by atoms with Crippen molar-refractivity contribution < 1.29 is 0 Å². The molecule has 0 aliphatic carbocycles. The maximum absolute atomic E-state index is 2.67. The zero-order chi connectivity index (χ0) is 13.7. The summed E-state index contributed by atoms with van der Waals surface area (Å²) in [6, 6.07) is 3.02. The molecule has 0 nitrogen and oxygen atoms in total. The third kappa shape index (κ3) is 9.93. The van der Waals surface area contributed by atoms with Crippen molar-refractivity contribution in [3.05, 3.63) is 11.8 Å². The zero-order valence-electron chi connectivity index (χ0n) is 13.4. The van der Waals surface area contributed by atoms with Gasteiger partial charge in [0.2, 0.25) is 0 Å². The van der Waals surface area contributed by atoms with Gasteiger partial charge in [-0.2, -0.15) is 0 Å². The molecule has 18 heavy (non-hydrogen) atoms. The van der Waals surface area contributed by atoms with Gasteiger partial charge in [0.05, 0.1) is 8.07 Å². The Morgan fingerprint density at radius 2 is 1.28 bits per heavy atom. The van der Waals surface area contributed by atoms with Gasteiger partial charge in [-0.1, -0.05) is 96.1 Å². The van der Waals surface area contributed by atoms with Crippen molar-refractivity contribution in [2.75, 3.05) is 0 Å². The summed E-state index contributed by atoms with van der Waals surface area (Å²) in [5, 5.41) is 0. The van der Waals surface area contributed by atoms with Gasteiger partial charge in [0.25, 0.3) is 0 Å². The predicted octanol–water partition coefficient (Wildman–Crippen LogP) is 6.73. The molecule has 0 bridgehead atoms. The van der Waals surface area contributed by atoms with Gasteiger partial charge in [0.15, 0.2) is 0 Å². The highest BCUT2D eigenvalue weighted by molar-refractivity contribution is 6.83. The Bertz CT molecular complexity index is 188. The minimum absolute atomic E-state index is 1.04. The Labute approximate surface area is 117 Å². The predicted molar refractivity (Wildman–Crippen MR) is 88.9 cm³/mol. The Hall–Kier alpha value is -0.0431. The van der Waals surface area contributed by atoms with E-state index < -0.39 is 8.07 Å². The van der Waals surface area contributed by atoms with Crippen LogP contribution in [0.4, 0.5) is 0 Å². The average Bonchev–Trinajstić information content (AvgIpc) is 2.38. The smallest absolute Gasteiger partial charge is 0.0743 e. The molecule has 0 amide bonds. The van der Waals surface area contributed by atoms with Crippen LogP contribution in [0, 0.1) is 0 Å². The molecule has 0 saturated carbocycles. The van der Waals surface area contributed by atoms with Gasteiger partial charge in [-0.05, 0) is 12.8 Å². The highest BCUT2D eigenvalue weighted by Gasteiger charge is 2.21. The van der Waals surface area contributed by atoms with E-state index in [2.05, 4.69) is 39.1 Å². The van der Waals surface area contributed by atoms with E-state index in [9.17, 15) is 0 Å². The molecule has 0 saturated heterocycles. The summed E-state index contributed by atoms with van der Waals surface area (Å²) in [7, 11) is -1.04. The Morgan fingerprint density at radius 1 is 0.722 bits per heavy atom. The number of unbranched alkanes of at least 4 members (excludes halogenated alkanes) is 6. The molecular formula is C17H36Si. The number of hydrogen-bond donors (Lipinski definition) is 0. The van der Waals surface area contributed by atoms with Crippen LogP contribution in [-0.4, -0.2) is 8.07 Å². The van der Waals surface area contributed by atoms with Crippen molar-refractivity contribution in [2.45, 2.75) is 97.2 Å². The van der Waals surface area contributed by atoms with Crippen LogP contribution in [0.2, 0.25) is 18.6 Å². The zero-order valence-corrected chi connectivity index (χ0v) is 14.4. The molecule has 0 rings (SSSR count). The molecule has 0 heterocycles. The Kier molecular flexibility index (Phi) is 12.0. The normalized spacial score (nSPS) is 12.4. The quantitative estimate of drug-likeness (QED) is 0.272. The molecule has 0 N–H and O–H groups in total. The molecule has 0 spiro atoms. The molecule has 0 aliphatic heterocycles. The molecular weight excluding hydrogens is 232 g/mol. The lowest BCUT2D eigenvalue weighted by Crippen LogP contribution is -2.27. The first-order chi connectivity index (χ1) is 8.68. The second-order valence-corrected chi connectivity index (χ2v) is 10.8. The summed E-state index contributed by atoms with van der Waals surface area (Å²) in [6.07, 6.45) is 15.0. The first kappa shape index (κ1) is 18.0. The third-order valence-corrected chi connectivity index (χ3v) is 7.98. The van der Waals surface area contributed by atoms with E-state index in [0.717, 1.165) is 0 Å². The standard InChI is InChI=1S/C17H36Si/c1-5-8-11-12-13-14-17-18(4,15-9-6-2)16-10-7-3/h14,17H,5-13,15-16H2,1-4H3/b17-14+. The van der Waals surface area contributed by atoms with E-state index in [1.165, 1.54) is 69.9 Å². The van der Waals surface area contributed by atoms with E-state index in [4.69, 9.17) is 0 Å². The number of rotatable bonds is 12. The summed E-state index contributed by atoms with van der Waals surface area (Å²) < 4.78 is 0. The summed E-state index contributed by atoms with van der Waals surface area (Å²) in [6.45, 7) is 9.53. The fraction of sp³-hybridized carbons (Fsp3) is 0.882. The van der Waals surface area contributed by atoms with Gasteiger partial charge in [0.1, 0.15) is 0 Å². The molecule has 0 aromatic rings. The van der Waals surface area contributed by atoms with Gasteiger partial charge in [-0.15, -0.1) is 0 Å². The topological polar surface area (TPSA) is 0 Å². The lowest BCUT2D eigenvalue weighted by molar-refractivity contribution is 0.674. The largest absolute Gasteiger partial charge is 0.0984 e. The summed E-state index contributed by atoms with van der Waals surface area (Å²) in [4.78, 5) is 0. The molecule has 0 atom stereocenters. The van der Waals surface area contributed by atoms with Crippen molar-refractivity contribution >= 4 is 8.07 Å². The lowest BCUT2D eigenvalue weighted by atomic mass is 10.2. The molecule has 0 fully saturated rings. The van der Waals surface area contributed by atoms with E-state index in [-0.39, 0.29) is 0 Å². The van der Waals surface area contributed by atoms with Crippen LogP contribution in [0.15, 0.2) is 11.8 Å². The van der Waals surface area contributed by atoms with Crippen LogP contribution in [0.25, 0.3) is 0 Å². The van der Waals surface area contributed by atoms with Gasteiger partial charge < -0.3 is 0 Å². The molecule has 0 unspecified atom stereocenters. The van der Waals surface area contributed by atoms with Crippen molar-refractivity contribution in [1.82, 2.24) is 0 Å². The second kappa shape index (κ2) is 12.0. The molecule has 1 heteroatoms. The highest BCUT2D eigenvalue weighted by atomic mass is 28.3. The van der Waals surface area contributed by atoms with Crippen LogP contribution < -0.4 is 0 Å². The second-order valence-electron chi connectivity index (χ2n) is 6.11. The Balaban J connectivity index is 4.00. The molecule has 0 aromatic carbocycles. The maximum Gasteiger partial charge on any atom is 0.0743 e. The summed E-state index contributed by atoms with van der Waals surface area (Å²) in [5.41, 5.74) is 2.67. The molecule has 108 valence electrons. The van der Waals surface area contributed by atoms with Gasteiger partial charge in [-0.25, -0.2) is 0 Å². The van der Waals surface area contributed by atoms with Crippen molar-refractivity contribution in [3.63, 3.8) is 0 Å². The van der Waals surface area contributed by atoms with Crippen molar-refractivity contribution in [1.29, 1.82) is 0 Å². The molecule has 0 aromatic heterocycles. The summed E-state index contributed by atoms with van der Waals surface area (Å²) in [5.74, 6) is 0. The monoisotopic (exact) mass is 268 g/mol. The minimum atomic E-state index is -1.04. The van der Waals surface area contributed by atoms with Gasteiger partial charge in [0, 0.05) is 0 Å². The maximum atomic E-state index is 2.67. The third-order valence-electron chi connectivity index (χ3n) is 3.95. The van der Waals surface area contributed by atoms with E-state index in [0.29, 0.717) is 0 Å². The SMILES string of the molecule is CCCCCC/C=C/[Si](C)(CCCC)CCCC. The van der Waals surface area contributed by atoms with Crippen molar-refractivity contribution in [3.8, 4) is 0 Å². The summed E-state index contributed by atoms with van der Waals surface area (Å²) >= 11 is 0. The Morgan fingerprint density at radius 3 is 1.78 bits per heavy atom. The average molecular weight is 269 g/mol. The highest BCUT2D eigenvalue weighted by Crippen LogP contribution is 2.23. The lowest BCUT2D eigenvalue weighted by Gasteiger charge is -2.23. The first-order valence-corrected chi connectivity index (χ1v) is 11.4. The van der Waals surface area contributed by atoms with Crippen LogP contribution in [0.3, 0.4) is 0 Å². The minimum Gasteiger partial charge on any atom is -0.0984 e. The fourth-order valence-electron chi connectivity index (χ4n) is 2.51. The van der Waals surface area contributed by atoms with E-state index >= 15 is 0 Å². The molecule has 0 radical (unpaired) electrons. The first-order valence-electron chi connectivity index (χ1n) is 8.36. The van der Waals surface area contributed by atoms with E-state index in [1.54, 1.807) is 0 Å². The van der Waals surface area contributed by atoms with Gasteiger partial charge >= 0.3 is 0 Å². The van der Waals surface area contributed by atoms with E-state index in [1.807, 2.05) is 0 Å². The van der Waals surface area contributed by atoms with Crippen LogP contribution in [0.5, 0.6) is 0 Å².